The van der Waals surface area contributed by atoms with Gasteiger partial charge in [0, 0.05) is 0 Å². The molecule has 0 unspecified atom stereocenters. The van der Waals surface area contributed by atoms with Crippen molar-refractivity contribution in [3.63, 3.8) is 0 Å². The molecule has 4 nitrogen and oxygen atoms in total. The smallest absolute Gasteiger partial charge is 0.388 e. The zero-order chi connectivity index (χ0) is 13.1. The standard InChI is InChI=1S/C11H6F3N3O/c1-2-7-6-17(16-10(7)18-11(13)14)9-4-3-8(12)5-15-9/h1,3-6,11H. The van der Waals surface area contributed by atoms with Gasteiger partial charge in [-0.15, -0.1) is 11.5 Å². The summed E-state index contributed by atoms with van der Waals surface area (Å²) in [7, 11) is 0. The van der Waals surface area contributed by atoms with Crippen LogP contribution in [-0.4, -0.2) is 21.4 Å². The van der Waals surface area contributed by atoms with E-state index in [0.717, 1.165) is 16.9 Å². The van der Waals surface area contributed by atoms with E-state index in [1.165, 1.54) is 12.3 Å². The highest BCUT2D eigenvalue weighted by Gasteiger charge is 2.14. The summed E-state index contributed by atoms with van der Waals surface area (Å²) in [5.41, 5.74) is 0.0569. The van der Waals surface area contributed by atoms with Gasteiger partial charge in [0.05, 0.1) is 12.4 Å². The van der Waals surface area contributed by atoms with Crippen LogP contribution in [0.4, 0.5) is 13.2 Å². The molecule has 0 saturated heterocycles. The van der Waals surface area contributed by atoms with Crippen LogP contribution in [-0.2, 0) is 0 Å². The average molecular weight is 253 g/mol. The molecule has 0 aliphatic rings. The van der Waals surface area contributed by atoms with Gasteiger partial charge in [0.15, 0.2) is 5.82 Å². The molecule has 18 heavy (non-hydrogen) atoms. The molecule has 2 aromatic rings. The summed E-state index contributed by atoms with van der Waals surface area (Å²) >= 11 is 0. The first-order valence-corrected chi connectivity index (χ1v) is 4.73. The second kappa shape index (κ2) is 4.79. The lowest BCUT2D eigenvalue weighted by Gasteiger charge is -2.00. The van der Waals surface area contributed by atoms with E-state index in [9.17, 15) is 13.2 Å². The fourth-order valence-corrected chi connectivity index (χ4v) is 1.25. The maximum Gasteiger partial charge on any atom is 0.388 e. The first kappa shape index (κ1) is 12.0. The number of alkyl halides is 2. The molecule has 0 saturated carbocycles. The Bertz CT molecular complexity index is 587. The van der Waals surface area contributed by atoms with Crippen LogP contribution in [0.3, 0.4) is 0 Å². The quantitative estimate of drug-likeness (QED) is 0.785. The molecule has 0 radical (unpaired) electrons. The normalized spacial score (nSPS) is 10.4. The number of halogens is 3. The molecule has 0 aliphatic carbocycles. The van der Waals surface area contributed by atoms with Crippen molar-refractivity contribution in [2.45, 2.75) is 6.61 Å². The number of rotatable bonds is 3. The Balaban J connectivity index is 2.38. The summed E-state index contributed by atoms with van der Waals surface area (Å²) in [6.45, 7) is -3.03. The summed E-state index contributed by atoms with van der Waals surface area (Å²) < 4.78 is 42.2. The third-order valence-electron chi connectivity index (χ3n) is 1.98. The second-order valence-corrected chi connectivity index (χ2v) is 3.15. The molecule has 2 heterocycles. The molecule has 0 amide bonds. The molecule has 2 aromatic heterocycles. The molecule has 7 heteroatoms. The Morgan fingerprint density at radius 3 is 2.72 bits per heavy atom. The van der Waals surface area contributed by atoms with Gasteiger partial charge in [0.25, 0.3) is 5.88 Å². The fourth-order valence-electron chi connectivity index (χ4n) is 1.25. The Labute approximate surface area is 100 Å². The maximum atomic E-state index is 12.7. The van der Waals surface area contributed by atoms with Crippen molar-refractivity contribution in [1.29, 1.82) is 0 Å². The minimum atomic E-state index is -3.03. The minimum absolute atomic E-state index is 0.0569. The minimum Gasteiger partial charge on any atom is -0.414 e. The van der Waals surface area contributed by atoms with E-state index in [0.29, 0.717) is 0 Å². The lowest BCUT2D eigenvalue weighted by Crippen LogP contribution is -2.04. The van der Waals surface area contributed by atoms with E-state index in [4.69, 9.17) is 6.42 Å². The number of ether oxygens (including phenoxy) is 1. The summed E-state index contributed by atoms with van der Waals surface area (Å²) in [6, 6.07) is 2.49. The zero-order valence-corrected chi connectivity index (χ0v) is 8.85. The number of hydrogen-bond acceptors (Lipinski definition) is 3. The molecule has 0 aliphatic heterocycles. The number of pyridine rings is 1. The summed E-state index contributed by atoms with van der Waals surface area (Å²) in [6.07, 6.45) is 7.40. The first-order chi connectivity index (χ1) is 8.60. The summed E-state index contributed by atoms with van der Waals surface area (Å²) in [5, 5.41) is 3.71. The number of hydrogen-bond donors (Lipinski definition) is 0. The number of terminal acetylenes is 1. The molecule has 0 atom stereocenters. The molecular weight excluding hydrogens is 247 g/mol. The van der Waals surface area contributed by atoms with Gasteiger partial charge in [0.1, 0.15) is 11.4 Å². The molecule has 0 spiro atoms. The van der Waals surface area contributed by atoms with Crippen LogP contribution >= 0.6 is 0 Å². The Hall–Kier alpha value is -2.49. The van der Waals surface area contributed by atoms with Gasteiger partial charge in [-0.05, 0) is 12.1 Å². The molecule has 0 aromatic carbocycles. The van der Waals surface area contributed by atoms with Crippen LogP contribution in [0.5, 0.6) is 5.88 Å². The highest BCUT2D eigenvalue weighted by Crippen LogP contribution is 2.19. The topological polar surface area (TPSA) is 39.9 Å². The van der Waals surface area contributed by atoms with E-state index >= 15 is 0 Å². The number of nitrogens with zero attached hydrogens (tertiary/aromatic N) is 3. The van der Waals surface area contributed by atoms with E-state index in [1.807, 2.05) is 0 Å². The molecule has 0 fully saturated rings. The van der Waals surface area contributed by atoms with Gasteiger partial charge >= 0.3 is 6.61 Å². The van der Waals surface area contributed by atoms with Crippen molar-refractivity contribution in [2.24, 2.45) is 0 Å². The van der Waals surface area contributed by atoms with Crippen molar-refractivity contribution in [3.05, 3.63) is 35.9 Å². The van der Waals surface area contributed by atoms with E-state index in [1.54, 1.807) is 0 Å². The van der Waals surface area contributed by atoms with Crippen LogP contribution < -0.4 is 4.74 Å². The predicted molar refractivity (Wildman–Crippen MR) is 55.9 cm³/mol. The van der Waals surface area contributed by atoms with E-state index in [2.05, 4.69) is 20.7 Å². The van der Waals surface area contributed by atoms with Crippen molar-refractivity contribution in [1.82, 2.24) is 14.8 Å². The number of aromatic nitrogens is 3. The third-order valence-corrected chi connectivity index (χ3v) is 1.98. The fraction of sp³-hybridized carbons (Fsp3) is 0.0909. The lowest BCUT2D eigenvalue weighted by molar-refractivity contribution is -0.0532. The van der Waals surface area contributed by atoms with Crippen LogP contribution in [0.15, 0.2) is 24.5 Å². The molecule has 0 bridgehead atoms. The van der Waals surface area contributed by atoms with Crippen molar-refractivity contribution < 1.29 is 17.9 Å². The van der Waals surface area contributed by atoms with Gasteiger partial charge in [-0.2, -0.15) is 8.78 Å². The van der Waals surface area contributed by atoms with Crippen molar-refractivity contribution in [2.75, 3.05) is 0 Å². The Kier molecular flexibility index (Phi) is 3.19. The van der Waals surface area contributed by atoms with Gasteiger partial charge in [-0.1, -0.05) is 5.92 Å². The van der Waals surface area contributed by atoms with Gasteiger partial charge < -0.3 is 4.74 Å². The SMILES string of the molecule is C#Cc1cn(-c2ccc(F)cn2)nc1OC(F)F. The van der Waals surface area contributed by atoms with Crippen LogP contribution in [0, 0.1) is 18.2 Å². The van der Waals surface area contributed by atoms with Gasteiger partial charge in [0.2, 0.25) is 0 Å². The second-order valence-electron chi connectivity index (χ2n) is 3.15. The zero-order valence-electron chi connectivity index (χ0n) is 8.85. The molecule has 92 valence electrons. The van der Waals surface area contributed by atoms with Crippen LogP contribution in [0.2, 0.25) is 0 Å². The van der Waals surface area contributed by atoms with E-state index < -0.39 is 12.4 Å². The highest BCUT2D eigenvalue weighted by atomic mass is 19.3. The van der Waals surface area contributed by atoms with Gasteiger partial charge in [-0.3, -0.25) is 0 Å². The predicted octanol–water partition coefficient (Wildman–Crippen LogP) is 1.99. The monoisotopic (exact) mass is 253 g/mol. The largest absolute Gasteiger partial charge is 0.414 e. The molecule has 0 N–H and O–H groups in total. The third kappa shape index (κ3) is 2.43. The van der Waals surface area contributed by atoms with Gasteiger partial charge in [-0.25, -0.2) is 14.1 Å². The first-order valence-electron chi connectivity index (χ1n) is 4.73. The molecular formula is C11H6F3N3O. The van der Waals surface area contributed by atoms with Crippen molar-refractivity contribution >= 4 is 0 Å². The summed E-state index contributed by atoms with van der Waals surface area (Å²) in [5.74, 6) is 1.49. The average Bonchev–Trinajstić information content (AvgIpc) is 2.72. The van der Waals surface area contributed by atoms with E-state index in [-0.39, 0.29) is 17.3 Å². The highest BCUT2D eigenvalue weighted by molar-refractivity contribution is 5.41. The van der Waals surface area contributed by atoms with Crippen LogP contribution in [0.1, 0.15) is 5.56 Å². The van der Waals surface area contributed by atoms with Crippen molar-refractivity contribution in [3.8, 4) is 24.0 Å². The Morgan fingerprint density at radius 1 is 1.39 bits per heavy atom. The maximum absolute atomic E-state index is 12.7. The lowest BCUT2D eigenvalue weighted by atomic mass is 10.4. The van der Waals surface area contributed by atoms with Crippen LogP contribution in [0.25, 0.3) is 5.82 Å². The molecule has 2 rings (SSSR count). The Morgan fingerprint density at radius 2 is 2.17 bits per heavy atom. The summed E-state index contributed by atoms with van der Waals surface area (Å²) in [4.78, 5) is 3.73.